The number of carbonyl (C=O) groups is 2. The summed E-state index contributed by atoms with van der Waals surface area (Å²) >= 11 is 0. The highest BCUT2D eigenvalue weighted by Crippen LogP contribution is 2.29. The summed E-state index contributed by atoms with van der Waals surface area (Å²) < 4.78 is 36.5. The number of rotatable bonds is 3. The SMILES string of the molecule is Cc1cc(-c2ccc(C)c(S(=O)(=O)N3CCCNC(=O)c4nn(C)c5c4CC(CC5)N(C)C(=O)CCC3)c2)on1. The van der Waals surface area contributed by atoms with Crippen LogP contribution in [0.15, 0.2) is 33.7 Å². The summed E-state index contributed by atoms with van der Waals surface area (Å²) in [4.78, 5) is 28.2. The van der Waals surface area contributed by atoms with Crippen LogP contribution in [0.3, 0.4) is 0 Å². The molecular formula is C28H36N6O5S. The van der Waals surface area contributed by atoms with Crippen molar-refractivity contribution in [2.75, 3.05) is 26.7 Å². The number of nitrogens with zero attached hydrogens (tertiary/aromatic N) is 5. The smallest absolute Gasteiger partial charge is 0.272 e. The second kappa shape index (κ2) is 11.2. The number of aryl methyl sites for hydroxylation is 3. The lowest BCUT2D eigenvalue weighted by Gasteiger charge is -2.32. The van der Waals surface area contributed by atoms with Crippen molar-refractivity contribution in [1.82, 2.24) is 29.5 Å². The Balaban J connectivity index is 1.42. The van der Waals surface area contributed by atoms with E-state index in [0.29, 0.717) is 54.1 Å². The van der Waals surface area contributed by atoms with E-state index < -0.39 is 10.0 Å². The number of carbonyl (C=O) groups excluding carboxylic acids is 2. The summed E-state index contributed by atoms with van der Waals surface area (Å²) in [6.45, 7) is 4.25. The van der Waals surface area contributed by atoms with Crippen LogP contribution in [-0.2, 0) is 34.7 Å². The molecule has 1 unspecified atom stereocenters. The predicted octanol–water partition coefficient (Wildman–Crippen LogP) is 2.61. The fourth-order valence-corrected chi connectivity index (χ4v) is 7.40. The molecule has 0 radical (unpaired) electrons. The second-order valence-electron chi connectivity index (χ2n) is 10.7. The monoisotopic (exact) mass is 568 g/mol. The second-order valence-corrected chi connectivity index (χ2v) is 12.6. The minimum Gasteiger partial charge on any atom is -0.356 e. The summed E-state index contributed by atoms with van der Waals surface area (Å²) in [5.74, 6) is 0.183. The number of hydrogen-bond donors (Lipinski definition) is 1. The van der Waals surface area contributed by atoms with Gasteiger partial charge in [0.2, 0.25) is 15.9 Å². The maximum Gasteiger partial charge on any atom is 0.272 e. The van der Waals surface area contributed by atoms with Crippen molar-refractivity contribution in [2.45, 2.75) is 63.3 Å². The molecule has 2 bridgehead atoms. The average molecular weight is 569 g/mol. The molecule has 0 fully saturated rings. The zero-order valence-corrected chi connectivity index (χ0v) is 24.3. The van der Waals surface area contributed by atoms with Gasteiger partial charge in [-0.2, -0.15) is 9.40 Å². The Bertz CT molecular complexity index is 1540. The predicted molar refractivity (Wildman–Crippen MR) is 148 cm³/mol. The van der Waals surface area contributed by atoms with E-state index in [0.717, 1.165) is 24.1 Å². The van der Waals surface area contributed by atoms with Gasteiger partial charge in [-0.3, -0.25) is 14.3 Å². The number of sulfonamides is 1. The number of likely N-dealkylation sites (N-methyl/N-ethyl adjacent to an activating group) is 1. The molecule has 1 aliphatic heterocycles. The third kappa shape index (κ3) is 5.42. The number of amides is 2. The average Bonchev–Trinajstić information content (AvgIpc) is 3.51. The third-order valence-electron chi connectivity index (χ3n) is 7.97. The number of hydrogen-bond acceptors (Lipinski definition) is 7. The number of aromatic nitrogens is 3. The Morgan fingerprint density at radius 3 is 2.58 bits per heavy atom. The Hall–Kier alpha value is -3.51. The molecule has 1 aliphatic carbocycles. The Morgan fingerprint density at radius 1 is 1.05 bits per heavy atom. The van der Waals surface area contributed by atoms with Gasteiger partial charge in [0.25, 0.3) is 5.91 Å². The minimum absolute atomic E-state index is 0.0329. The molecule has 1 aromatic carbocycles. The largest absolute Gasteiger partial charge is 0.356 e. The standard InChI is InChI=1S/C28H36N6O5S/c1-18-8-9-20(24-15-19(2)31-39-24)16-25(18)40(37,38)34-13-5-7-26(35)32(3)21-10-11-23-22(17-21)27(30-33(23)4)28(36)29-12-6-14-34/h8-9,15-16,21H,5-7,10-14,17H2,1-4H3,(H,29,36). The summed E-state index contributed by atoms with van der Waals surface area (Å²) in [7, 11) is -0.275. The van der Waals surface area contributed by atoms with E-state index in [1.165, 1.54) is 4.31 Å². The molecular weight excluding hydrogens is 532 g/mol. The van der Waals surface area contributed by atoms with Gasteiger partial charge < -0.3 is 14.7 Å². The first-order valence-electron chi connectivity index (χ1n) is 13.7. The zero-order valence-electron chi connectivity index (χ0n) is 23.4. The lowest BCUT2D eigenvalue weighted by molar-refractivity contribution is -0.132. The lowest BCUT2D eigenvalue weighted by Crippen LogP contribution is -2.41. The van der Waals surface area contributed by atoms with Gasteiger partial charge in [0.15, 0.2) is 11.5 Å². The van der Waals surface area contributed by atoms with Crippen LogP contribution in [0.1, 0.15) is 58.7 Å². The van der Waals surface area contributed by atoms with Gasteiger partial charge >= 0.3 is 0 Å². The summed E-state index contributed by atoms with van der Waals surface area (Å²) in [6, 6.07) is 6.90. The van der Waals surface area contributed by atoms with Gasteiger partial charge in [-0.25, -0.2) is 8.42 Å². The van der Waals surface area contributed by atoms with Crippen LogP contribution in [0, 0.1) is 13.8 Å². The van der Waals surface area contributed by atoms with E-state index in [-0.39, 0.29) is 42.3 Å². The van der Waals surface area contributed by atoms with Crippen LogP contribution >= 0.6 is 0 Å². The molecule has 2 aliphatic rings. The summed E-state index contributed by atoms with van der Waals surface area (Å²) in [6.07, 6.45) is 3.15. The van der Waals surface area contributed by atoms with Crippen LogP contribution in [0.25, 0.3) is 11.3 Å². The van der Waals surface area contributed by atoms with Crippen molar-refractivity contribution in [2.24, 2.45) is 7.05 Å². The Morgan fingerprint density at radius 2 is 1.82 bits per heavy atom. The van der Waals surface area contributed by atoms with E-state index in [4.69, 9.17) is 4.52 Å². The zero-order chi connectivity index (χ0) is 28.6. The topological polar surface area (TPSA) is 131 Å². The van der Waals surface area contributed by atoms with E-state index >= 15 is 0 Å². The molecule has 3 heterocycles. The normalized spacial score (nSPS) is 19.7. The first kappa shape index (κ1) is 28.0. The molecule has 0 saturated heterocycles. The number of nitrogens with one attached hydrogen (secondary N) is 1. The molecule has 11 nitrogen and oxygen atoms in total. The van der Waals surface area contributed by atoms with Crippen molar-refractivity contribution >= 4 is 21.8 Å². The van der Waals surface area contributed by atoms with E-state index in [2.05, 4.69) is 15.6 Å². The molecule has 0 saturated carbocycles. The molecule has 0 spiro atoms. The summed E-state index contributed by atoms with van der Waals surface area (Å²) in [5.41, 5.74) is 4.24. The first-order chi connectivity index (χ1) is 19.1. The van der Waals surface area contributed by atoms with Crippen LogP contribution in [0.2, 0.25) is 0 Å². The van der Waals surface area contributed by atoms with Crippen molar-refractivity contribution in [1.29, 1.82) is 0 Å². The van der Waals surface area contributed by atoms with Crippen molar-refractivity contribution in [3.05, 3.63) is 52.5 Å². The van der Waals surface area contributed by atoms with Crippen molar-refractivity contribution in [3.63, 3.8) is 0 Å². The fraction of sp³-hybridized carbons (Fsp3) is 0.500. The van der Waals surface area contributed by atoms with Crippen molar-refractivity contribution < 1.29 is 22.5 Å². The molecule has 2 aromatic heterocycles. The molecule has 1 N–H and O–H groups in total. The van der Waals surface area contributed by atoms with Crippen LogP contribution < -0.4 is 5.32 Å². The molecule has 3 aromatic rings. The maximum absolute atomic E-state index is 14.0. The molecule has 40 heavy (non-hydrogen) atoms. The number of benzene rings is 1. The molecule has 1 atom stereocenters. The maximum atomic E-state index is 14.0. The first-order valence-corrected chi connectivity index (χ1v) is 15.1. The Kier molecular flexibility index (Phi) is 7.83. The van der Waals surface area contributed by atoms with Gasteiger partial charge in [0.05, 0.1) is 10.6 Å². The fourth-order valence-electron chi connectivity index (χ4n) is 5.63. The van der Waals surface area contributed by atoms with Gasteiger partial charge in [-0.1, -0.05) is 17.3 Å². The highest BCUT2D eigenvalue weighted by Gasteiger charge is 2.32. The Labute approximate surface area is 234 Å². The van der Waals surface area contributed by atoms with Gasteiger partial charge in [-0.05, 0) is 57.6 Å². The van der Waals surface area contributed by atoms with Gasteiger partial charge in [0.1, 0.15) is 0 Å². The van der Waals surface area contributed by atoms with E-state index in [1.54, 1.807) is 48.7 Å². The van der Waals surface area contributed by atoms with Gasteiger partial charge in [-0.15, -0.1) is 0 Å². The van der Waals surface area contributed by atoms with Crippen LogP contribution in [0.4, 0.5) is 0 Å². The molecule has 5 rings (SSSR count). The van der Waals surface area contributed by atoms with Crippen LogP contribution in [0.5, 0.6) is 0 Å². The highest BCUT2D eigenvalue weighted by atomic mass is 32.2. The highest BCUT2D eigenvalue weighted by molar-refractivity contribution is 7.89. The molecule has 12 heteroatoms. The third-order valence-corrected chi connectivity index (χ3v) is 10.0. The summed E-state index contributed by atoms with van der Waals surface area (Å²) in [5, 5.41) is 11.3. The molecule has 2 amide bonds. The van der Waals surface area contributed by atoms with E-state index in [1.807, 2.05) is 13.1 Å². The minimum atomic E-state index is -3.91. The van der Waals surface area contributed by atoms with Gasteiger partial charge in [0, 0.05) is 69.1 Å². The molecule has 214 valence electrons. The van der Waals surface area contributed by atoms with E-state index in [9.17, 15) is 18.0 Å². The van der Waals surface area contributed by atoms with Crippen molar-refractivity contribution in [3.8, 4) is 11.3 Å². The number of fused-ring (bicyclic) bond motifs is 1. The van der Waals surface area contributed by atoms with Crippen LogP contribution in [-0.4, -0.2) is 77.1 Å². The lowest BCUT2D eigenvalue weighted by atomic mass is 9.90. The quantitative estimate of drug-likeness (QED) is 0.514.